The summed E-state index contributed by atoms with van der Waals surface area (Å²) in [6, 6.07) is 6.46. The van der Waals surface area contributed by atoms with Crippen molar-refractivity contribution in [1.29, 1.82) is 0 Å². The Balaban J connectivity index is 2.60. The fraction of sp³-hybridized carbons (Fsp3) is 0.643. The molecule has 1 rings (SSSR count). The predicted molar refractivity (Wildman–Crippen MR) is 71.1 cm³/mol. The predicted octanol–water partition coefficient (Wildman–Crippen LogP) is 2.42. The van der Waals surface area contributed by atoms with E-state index in [1.54, 1.807) is 7.11 Å². The molecule has 1 atom stereocenters. The minimum Gasteiger partial charge on any atom is -0.379 e. The van der Waals surface area contributed by atoms with Crippen LogP contribution in [0.2, 0.25) is 0 Å². The van der Waals surface area contributed by atoms with Gasteiger partial charge in [0.2, 0.25) is 0 Å². The highest BCUT2D eigenvalue weighted by Crippen LogP contribution is 2.17. The molecule has 1 aromatic rings. The smallest absolute Gasteiger partial charge is 0.0637 e. The van der Waals surface area contributed by atoms with Crippen molar-refractivity contribution in [1.82, 2.24) is 10.3 Å². The van der Waals surface area contributed by atoms with Gasteiger partial charge in [-0.05, 0) is 38.9 Å². The molecular weight excluding hydrogens is 212 g/mol. The standard InChI is InChI=1S/C14H24N2O/c1-5-15-13(11-14(2,3)17-4)10-12-8-6-7-9-16-12/h6-9,13,15H,5,10-11H2,1-4H3. The lowest BCUT2D eigenvalue weighted by molar-refractivity contribution is 0.00720. The largest absolute Gasteiger partial charge is 0.379 e. The summed E-state index contributed by atoms with van der Waals surface area (Å²) in [6.45, 7) is 7.34. The van der Waals surface area contributed by atoms with E-state index in [1.165, 1.54) is 0 Å². The lowest BCUT2D eigenvalue weighted by Crippen LogP contribution is -2.39. The molecule has 96 valence electrons. The van der Waals surface area contributed by atoms with Gasteiger partial charge >= 0.3 is 0 Å². The van der Waals surface area contributed by atoms with Gasteiger partial charge in [-0.25, -0.2) is 0 Å². The third kappa shape index (κ3) is 5.29. The van der Waals surface area contributed by atoms with E-state index in [2.05, 4.69) is 37.1 Å². The quantitative estimate of drug-likeness (QED) is 0.789. The van der Waals surface area contributed by atoms with Gasteiger partial charge in [-0.1, -0.05) is 13.0 Å². The second-order valence-corrected chi connectivity index (χ2v) is 4.95. The lowest BCUT2D eigenvalue weighted by Gasteiger charge is -2.29. The number of aromatic nitrogens is 1. The zero-order valence-electron chi connectivity index (χ0n) is 11.4. The van der Waals surface area contributed by atoms with Crippen LogP contribution in [0.15, 0.2) is 24.4 Å². The van der Waals surface area contributed by atoms with Crippen LogP contribution in [0.4, 0.5) is 0 Å². The Labute approximate surface area is 105 Å². The highest BCUT2D eigenvalue weighted by Gasteiger charge is 2.22. The van der Waals surface area contributed by atoms with Gasteiger partial charge in [-0.15, -0.1) is 0 Å². The van der Waals surface area contributed by atoms with E-state index in [9.17, 15) is 0 Å². The molecule has 0 aliphatic rings. The first-order valence-electron chi connectivity index (χ1n) is 6.26. The number of nitrogens with zero attached hydrogens (tertiary/aromatic N) is 1. The summed E-state index contributed by atoms with van der Waals surface area (Å²) in [5.74, 6) is 0. The highest BCUT2D eigenvalue weighted by atomic mass is 16.5. The number of rotatable bonds is 7. The molecule has 0 radical (unpaired) electrons. The molecule has 1 unspecified atom stereocenters. The fourth-order valence-corrected chi connectivity index (χ4v) is 1.95. The van der Waals surface area contributed by atoms with E-state index >= 15 is 0 Å². The molecular formula is C14H24N2O. The van der Waals surface area contributed by atoms with Gasteiger partial charge in [0.05, 0.1) is 5.60 Å². The zero-order valence-corrected chi connectivity index (χ0v) is 11.4. The Morgan fingerprint density at radius 1 is 1.41 bits per heavy atom. The molecule has 0 saturated heterocycles. The van der Waals surface area contributed by atoms with Gasteiger partial charge in [-0.2, -0.15) is 0 Å². The van der Waals surface area contributed by atoms with Crippen LogP contribution < -0.4 is 5.32 Å². The average Bonchev–Trinajstić information content (AvgIpc) is 2.30. The molecule has 3 heteroatoms. The van der Waals surface area contributed by atoms with Crippen LogP contribution in [0.5, 0.6) is 0 Å². The first-order valence-corrected chi connectivity index (χ1v) is 6.26. The van der Waals surface area contributed by atoms with Gasteiger partial charge in [0.25, 0.3) is 0 Å². The summed E-state index contributed by atoms with van der Waals surface area (Å²) in [5.41, 5.74) is 1.03. The lowest BCUT2D eigenvalue weighted by atomic mass is 9.95. The van der Waals surface area contributed by atoms with Crippen molar-refractivity contribution in [2.45, 2.75) is 45.3 Å². The zero-order chi connectivity index (χ0) is 12.7. The molecule has 0 spiro atoms. The second kappa shape index (κ2) is 6.72. The number of likely N-dealkylation sites (N-methyl/N-ethyl adjacent to an activating group) is 1. The Hall–Kier alpha value is -0.930. The molecule has 0 aliphatic heterocycles. The maximum Gasteiger partial charge on any atom is 0.0637 e. The van der Waals surface area contributed by atoms with Crippen molar-refractivity contribution >= 4 is 0 Å². The Bertz CT molecular complexity index is 311. The van der Waals surface area contributed by atoms with E-state index in [4.69, 9.17) is 4.74 Å². The number of pyridine rings is 1. The van der Waals surface area contributed by atoms with Gasteiger partial charge in [0, 0.05) is 31.5 Å². The maximum absolute atomic E-state index is 5.49. The van der Waals surface area contributed by atoms with E-state index < -0.39 is 0 Å². The first kappa shape index (κ1) is 14.1. The average molecular weight is 236 g/mol. The number of nitrogens with one attached hydrogen (secondary N) is 1. The van der Waals surface area contributed by atoms with Gasteiger partial charge < -0.3 is 10.1 Å². The number of hydrogen-bond acceptors (Lipinski definition) is 3. The highest BCUT2D eigenvalue weighted by molar-refractivity contribution is 5.05. The molecule has 0 bridgehead atoms. The topological polar surface area (TPSA) is 34.2 Å². The molecule has 0 amide bonds. The third-order valence-electron chi connectivity index (χ3n) is 2.97. The van der Waals surface area contributed by atoms with Crippen molar-refractivity contribution in [3.05, 3.63) is 30.1 Å². The molecule has 1 N–H and O–H groups in total. The number of hydrogen-bond donors (Lipinski definition) is 1. The van der Waals surface area contributed by atoms with E-state index in [0.29, 0.717) is 6.04 Å². The summed E-state index contributed by atoms with van der Waals surface area (Å²) in [4.78, 5) is 4.38. The van der Waals surface area contributed by atoms with Gasteiger partial charge in [-0.3, -0.25) is 4.98 Å². The van der Waals surface area contributed by atoms with Gasteiger partial charge in [0.1, 0.15) is 0 Å². The van der Waals surface area contributed by atoms with Crippen LogP contribution in [0.25, 0.3) is 0 Å². The van der Waals surface area contributed by atoms with Gasteiger partial charge in [0.15, 0.2) is 0 Å². The maximum atomic E-state index is 5.49. The molecule has 0 aromatic carbocycles. The summed E-state index contributed by atoms with van der Waals surface area (Å²) >= 11 is 0. The Kier molecular flexibility index (Phi) is 5.59. The molecule has 0 fully saturated rings. The van der Waals surface area contributed by atoms with Crippen molar-refractivity contribution in [2.75, 3.05) is 13.7 Å². The number of ether oxygens (including phenoxy) is 1. The minimum atomic E-state index is -0.0956. The molecule has 1 aromatic heterocycles. The van der Waals surface area contributed by atoms with Crippen LogP contribution >= 0.6 is 0 Å². The van der Waals surface area contributed by atoms with Crippen molar-refractivity contribution in [3.63, 3.8) is 0 Å². The summed E-state index contributed by atoms with van der Waals surface area (Å²) in [5, 5.41) is 3.50. The minimum absolute atomic E-state index is 0.0956. The normalized spacial score (nSPS) is 13.6. The number of methoxy groups -OCH3 is 1. The summed E-state index contributed by atoms with van der Waals surface area (Å²) in [6.07, 6.45) is 3.77. The molecule has 17 heavy (non-hydrogen) atoms. The van der Waals surface area contributed by atoms with Crippen molar-refractivity contribution in [3.8, 4) is 0 Å². The SMILES string of the molecule is CCNC(Cc1ccccn1)CC(C)(C)OC. The van der Waals surface area contributed by atoms with E-state index in [1.807, 2.05) is 18.3 Å². The molecule has 1 heterocycles. The van der Waals surface area contributed by atoms with Crippen molar-refractivity contribution < 1.29 is 4.74 Å². The van der Waals surface area contributed by atoms with Crippen molar-refractivity contribution in [2.24, 2.45) is 0 Å². The van der Waals surface area contributed by atoms with Crippen LogP contribution in [0.3, 0.4) is 0 Å². The Morgan fingerprint density at radius 2 is 2.18 bits per heavy atom. The van der Waals surface area contributed by atoms with Crippen LogP contribution in [0.1, 0.15) is 32.9 Å². The summed E-state index contributed by atoms with van der Waals surface area (Å²) < 4.78 is 5.49. The first-order chi connectivity index (χ1) is 8.07. The van der Waals surface area contributed by atoms with Crippen LogP contribution in [-0.2, 0) is 11.2 Å². The Morgan fingerprint density at radius 3 is 2.71 bits per heavy atom. The molecule has 0 saturated carbocycles. The van der Waals surface area contributed by atoms with E-state index in [0.717, 1.165) is 25.1 Å². The fourth-order valence-electron chi connectivity index (χ4n) is 1.95. The third-order valence-corrected chi connectivity index (χ3v) is 2.97. The molecule has 3 nitrogen and oxygen atoms in total. The van der Waals surface area contributed by atoms with Crippen LogP contribution in [-0.4, -0.2) is 30.3 Å². The van der Waals surface area contributed by atoms with Crippen LogP contribution in [0, 0.1) is 0 Å². The summed E-state index contributed by atoms with van der Waals surface area (Å²) in [7, 11) is 1.77. The monoisotopic (exact) mass is 236 g/mol. The second-order valence-electron chi connectivity index (χ2n) is 4.95. The van der Waals surface area contributed by atoms with E-state index in [-0.39, 0.29) is 5.60 Å². The molecule has 0 aliphatic carbocycles.